The topological polar surface area (TPSA) is 59.1 Å². The molecule has 0 radical (unpaired) electrons. The van der Waals surface area contributed by atoms with Crippen molar-refractivity contribution in [2.75, 3.05) is 4.72 Å². The molecule has 6 heteroatoms. The highest BCUT2D eigenvalue weighted by atomic mass is 35.5. The summed E-state index contributed by atoms with van der Waals surface area (Å²) in [5.41, 5.74) is 1.21. The van der Waals surface area contributed by atoms with Gasteiger partial charge in [0.15, 0.2) is 0 Å². The van der Waals surface area contributed by atoms with Crippen molar-refractivity contribution in [1.82, 2.24) is 4.98 Å². The lowest BCUT2D eigenvalue weighted by molar-refractivity contribution is 0.601. The van der Waals surface area contributed by atoms with Crippen LogP contribution in [0.25, 0.3) is 10.9 Å². The number of benzene rings is 2. The smallest absolute Gasteiger partial charge is 0.261 e. The molecule has 0 saturated carbocycles. The van der Waals surface area contributed by atoms with Crippen molar-refractivity contribution < 1.29 is 8.42 Å². The van der Waals surface area contributed by atoms with Gasteiger partial charge in [0.1, 0.15) is 0 Å². The second-order valence-corrected chi connectivity index (χ2v) is 6.56. The maximum absolute atomic E-state index is 12.4. The second kappa shape index (κ2) is 5.35. The molecule has 1 N–H and O–H groups in total. The molecule has 1 heterocycles. The molecule has 1 aromatic heterocycles. The van der Waals surface area contributed by atoms with Crippen LogP contribution >= 0.6 is 11.6 Å². The Morgan fingerprint density at radius 1 is 1.00 bits per heavy atom. The van der Waals surface area contributed by atoms with E-state index in [0.717, 1.165) is 10.9 Å². The quantitative estimate of drug-likeness (QED) is 0.801. The summed E-state index contributed by atoms with van der Waals surface area (Å²) in [6.45, 7) is 0. The molecule has 106 valence electrons. The third-order valence-corrected chi connectivity index (χ3v) is 4.59. The van der Waals surface area contributed by atoms with E-state index in [4.69, 9.17) is 11.6 Å². The van der Waals surface area contributed by atoms with Crippen LogP contribution < -0.4 is 4.72 Å². The molecule has 2 aromatic carbocycles. The fraction of sp³-hybridized carbons (Fsp3) is 0. The third kappa shape index (κ3) is 2.84. The Morgan fingerprint density at radius 2 is 1.81 bits per heavy atom. The van der Waals surface area contributed by atoms with E-state index in [1.807, 2.05) is 12.1 Å². The summed E-state index contributed by atoms with van der Waals surface area (Å²) < 4.78 is 27.4. The first kappa shape index (κ1) is 13.9. The number of rotatable bonds is 3. The molecule has 0 spiro atoms. The fourth-order valence-corrected chi connectivity index (χ4v) is 3.41. The zero-order chi connectivity index (χ0) is 14.9. The molecule has 0 saturated heterocycles. The summed E-state index contributed by atoms with van der Waals surface area (Å²) in [4.78, 5) is 4.32. The third-order valence-electron chi connectivity index (χ3n) is 3.00. The molecule has 0 atom stereocenters. The SMILES string of the molecule is O=S(=O)(Nc1cccc2ncccc12)c1cccc(Cl)c1. The minimum atomic E-state index is -3.69. The molecule has 0 unspecified atom stereocenters. The second-order valence-electron chi connectivity index (χ2n) is 4.44. The largest absolute Gasteiger partial charge is 0.279 e. The Balaban J connectivity index is 2.06. The molecule has 0 fully saturated rings. The van der Waals surface area contributed by atoms with E-state index in [0.29, 0.717) is 10.7 Å². The van der Waals surface area contributed by atoms with E-state index in [1.54, 1.807) is 36.5 Å². The summed E-state index contributed by atoms with van der Waals surface area (Å²) in [6.07, 6.45) is 1.66. The Labute approximate surface area is 127 Å². The molecular formula is C15H11ClN2O2S. The summed E-state index contributed by atoms with van der Waals surface area (Å²) >= 11 is 5.85. The normalized spacial score (nSPS) is 11.5. The number of hydrogen-bond acceptors (Lipinski definition) is 3. The van der Waals surface area contributed by atoms with Crippen molar-refractivity contribution in [3.8, 4) is 0 Å². The predicted octanol–water partition coefficient (Wildman–Crippen LogP) is 3.69. The number of halogens is 1. The fourth-order valence-electron chi connectivity index (χ4n) is 2.03. The highest BCUT2D eigenvalue weighted by Crippen LogP contribution is 2.25. The first-order valence-corrected chi connectivity index (χ1v) is 8.04. The van der Waals surface area contributed by atoms with Gasteiger partial charge < -0.3 is 0 Å². The summed E-state index contributed by atoms with van der Waals surface area (Å²) in [5.74, 6) is 0. The van der Waals surface area contributed by atoms with Crippen LogP contribution in [0.2, 0.25) is 5.02 Å². The van der Waals surface area contributed by atoms with Crippen LogP contribution in [-0.4, -0.2) is 13.4 Å². The predicted molar refractivity (Wildman–Crippen MR) is 84.0 cm³/mol. The van der Waals surface area contributed by atoms with Gasteiger partial charge in [0, 0.05) is 16.6 Å². The molecule has 3 rings (SSSR count). The molecule has 0 aliphatic carbocycles. The molecule has 0 amide bonds. The van der Waals surface area contributed by atoms with Gasteiger partial charge in [0.05, 0.1) is 16.1 Å². The Hall–Kier alpha value is -2.11. The summed E-state index contributed by atoms with van der Waals surface area (Å²) in [6, 6.07) is 15.0. The molecule has 3 aromatic rings. The minimum Gasteiger partial charge on any atom is -0.279 e. The van der Waals surface area contributed by atoms with Gasteiger partial charge in [0.2, 0.25) is 0 Å². The Morgan fingerprint density at radius 3 is 2.62 bits per heavy atom. The number of hydrogen-bond donors (Lipinski definition) is 1. The van der Waals surface area contributed by atoms with E-state index in [1.165, 1.54) is 12.1 Å². The van der Waals surface area contributed by atoms with Gasteiger partial charge in [-0.1, -0.05) is 23.7 Å². The maximum Gasteiger partial charge on any atom is 0.261 e. The van der Waals surface area contributed by atoms with Gasteiger partial charge in [-0.15, -0.1) is 0 Å². The van der Waals surface area contributed by atoms with Gasteiger partial charge in [0.25, 0.3) is 10.0 Å². The van der Waals surface area contributed by atoms with E-state index in [9.17, 15) is 8.42 Å². The Kier molecular flexibility index (Phi) is 3.53. The van der Waals surface area contributed by atoms with Gasteiger partial charge in [-0.2, -0.15) is 0 Å². The average molecular weight is 319 g/mol. The molecule has 21 heavy (non-hydrogen) atoms. The first-order valence-electron chi connectivity index (χ1n) is 6.18. The zero-order valence-electron chi connectivity index (χ0n) is 10.8. The van der Waals surface area contributed by atoms with Crippen molar-refractivity contribution >= 4 is 38.2 Å². The van der Waals surface area contributed by atoms with Crippen LogP contribution in [0, 0.1) is 0 Å². The molecule has 0 aliphatic rings. The molecule has 4 nitrogen and oxygen atoms in total. The van der Waals surface area contributed by atoms with Crippen LogP contribution in [0.4, 0.5) is 5.69 Å². The van der Waals surface area contributed by atoms with Crippen molar-refractivity contribution in [1.29, 1.82) is 0 Å². The number of anilines is 1. The van der Waals surface area contributed by atoms with E-state index >= 15 is 0 Å². The van der Waals surface area contributed by atoms with Crippen LogP contribution in [0.1, 0.15) is 0 Å². The number of nitrogens with zero attached hydrogens (tertiary/aromatic N) is 1. The highest BCUT2D eigenvalue weighted by Gasteiger charge is 2.15. The molecule has 0 bridgehead atoms. The molecular weight excluding hydrogens is 308 g/mol. The monoisotopic (exact) mass is 318 g/mol. The van der Waals surface area contributed by atoms with Gasteiger partial charge in [-0.25, -0.2) is 8.42 Å². The average Bonchev–Trinajstić information content (AvgIpc) is 2.47. The lowest BCUT2D eigenvalue weighted by atomic mass is 10.2. The summed E-state index contributed by atoms with van der Waals surface area (Å²) in [5, 5.41) is 1.11. The lowest BCUT2D eigenvalue weighted by Gasteiger charge is -2.10. The van der Waals surface area contributed by atoms with Gasteiger partial charge in [-0.3, -0.25) is 9.71 Å². The molecule has 0 aliphatic heterocycles. The highest BCUT2D eigenvalue weighted by molar-refractivity contribution is 7.92. The number of nitrogens with one attached hydrogen (secondary N) is 1. The van der Waals surface area contributed by atoms with E-state index in [-0.39, 0.29) is 4.90 Å². The Bertz CT molecular complexity index is 905. The van der Waals surface area contributed by atoms with Crippen molar-refractivity contribution in [2.45, 2.75) is 4.90 Å². The number of aromatic nitrogens is 1. The van der Waals surface area contributed by atoms with Crippen LogP contribution in [0.15, 0.2) is 65.7 Å². The van der Waals surface area contributed by atoms with E-state index in [2.05, 4.69) is 9.71 Å². The number of sulfonamides is 1. The van der Waals surface area contributed by atoms with Crippen LogP contribution in [-0.2, 0) is 10.0 Å². The standard InChI is InChI=1S/C15H11ClN2O2S/c16-11-4-1-5-12(10-11)21(19,20)18-15-8-2-7-14-13(15)6-3-9-17-14/h1-10,18H. The zero-order valence-corrected chi connectivity index (χ0v) is 12.4. The summed E-state index contributed by atoms with van der Waals surface area (Å²) in [7, 11) is -3.69. The maximum atomic E-state index is 12.4. The van der Waals surface area contributed by atoms with Crippen LogP contribution in [0.5, 0.6) is 0 Å². The number of fused-ring (bicyclic) bond motifs is 1. The minimum absolute atomic E-state index is 0.121. The van der Waals surface area contributed by atoms with Crippen molar-refractivity contribution in [2.24, 2.45) is 0 Å². The number of pyridine rings is 1. The van der Waals surface area contributed by atoms with E-state index < -0.39 is 10.0 Å². The van der Waals surface area contributed by atoms with Crippen molar-refractivity contribution in [3.63, 3.8) is 0 Å². The van der Waals surface area contributed by atoms with Gasteiger partial charge in [-0.05, 0) is 42.5 Å². The first-order chi connectivity index (χ1) is 10.1. The van der Waals surface area contributed by atoms with Crippen LogP contribution in [0.3, 0.4) is 0 Å². The van der Waals surface area contributed by atoms with Gasteiger partial charge >= 0.3 is 0 Å². The van der Waals surface area contributed by atoms with Crippen molar-refractivity contribution in [3.05, 3.63) is 65.8 Å². The lowest BCUT2D eigenvalue weighted by Crippen LogP contribution is -2.13.